The number of rotatable bonds is 7. The van der Waals surface area contributed by atoms with E-state index in [9.17, 15) is 4.79 Å². The molecule has 2 rings (SSSR count). The first-order valence-electron chi connectivity index (χ1n) is 8.63. The van der Waals surface area contributed by atoms with Crippen LogP contribution >= 0.6 is 0 Å². The number of H-pyrrole nitrogens is 1. The Balaban J connectivity index is 1.66. The van der Waals surface area contributed by atoms with Gasteiger partial charge in [-0.3, -0.25) is 9.89 Å². The molecule has 0 saturated carbocycles. The number of piperidine rings is 1. The maximum atomic E-state index is 12.0. The van der Waals surface area contributed by atoms with E-state index in [1.54, 1.807) is 0 Å². The Kier molecular flexibility index (Phi) is 6.43. The lowest BCUT2D eigenvalue weighted by Gasteiger charge is -2.34. The van der Waals surface area contributed by atoms with Crippen LogP contribution in [0.5, 0.6) is 0 Å². The van der Waals surface area contributed by atoms with Gasteiger partial charge in [0.25, 0.3) is 5.91 Å². The summed E-state index contributed by atoms with van der Waals surface area (Å²) >= 11 is 0. The molecule has 5 nitrogen and oxygen atoms in total. The van der Waals surface area contributed by atoms with E-state index in [1.807, 2.05) is 6.07 Å². The largest absolute Gasteiger partial charge is 0.351 e. The van der Waals surface area contributed by atoms with Crippen LogP contribution in [0.25, 0.3) is 0 Å². The predicted octanol–water partition coefficient (Wildman–Crippen LogP) is 2.46. The van der Waals surface area contributed by atoms with Gasteiger partial charge in [0.15, 0.2) is 0 Å². The van der Waals surface area contributed by atoms with Gasteiger partial charge in [0.2, 0.25) is 0 Å². The second-order valence-corrected chi connectivity index (χ2v) is 6.84. The first-order valence-corrected chi connectivity index (χ1v) is 8.63. The summed E-state index contributed by atoms with van der Waals surface area (Å²) in [6, 6.07) is 1.85. The Morgan fingerprint density at radius 1 is 1.41 bits per heavy atom. The van der Waals surface area contributed by atoms with Gasteiger partial charge in [-0.15, -0.1) is 0 Å². The smallest absolute Gasteiger partial charge is 0.271 e. The van der Waals surface area contributed by atoms with Crippen LogP contribution in [0.2, 0.25) is 0 Å². The minimum Gasteiger partial charge on any atom is -0.351 e. The van der Waals surface area contributed by atoms with Gasteiger partial charge in [-0.05, 0) is 43.7 Å². The van der Waals surface area contributed by atoms with Crippen molar-refractivity contribution in [1.29, 1.82) is 0 Å². The highest BCUT2D eigenvalue weighted by Gasteiger charge is 2.21. The third kappa shape index (κ3) is 5.13. The molecule has 1 aromatic rings. The van der Waals surface area contributed by atoms with Crippen molar-refractivity contribution in [2.45, 2.75) is 46.5 Å². The molecule has 1 aromatic heterocycles. The Bertz CT molecular complexity index is 461. The molecule has 2 unspecified atom stereocenters. The zero-order valence-electron chi connectivity index (χ0n) is 14.2. The van der Waals surface area contributed by atoms with E-state index < -0.39 is 0 Å². The average Bonchev–Trinajstić information content (AvgIpc) is 2.91. The summed E-state index contributed by atoms with van der Waals surface area (Å²) in [7, 11) is 0. The standard InChI is InChI=1S/C17H30N4O/c1-4-6-15-10-16(20-19-15)17(22)18-7-5-8-21-11-13(2)9-14(3)12-21/h10,13-14H,4-9,11-12H2,1-3H3,(H,18,22)(H,19,20). The number of carbonyl (C=O) groups is 1. The van der Waals surface area contributed by atoms with Crippen molar-refractivity contribution in [2.75, 3.05) is 26.2 Å². The van der Waals surface area contributed by atoms with Gasteiger partial charge >= 0.3 is 0 Å². The lowest BCUT2D eigenvalue weighted by Crippen LogP contribution is -2.40. The first kappa shape index (κ1) is 17.0. The zero-order chi connectivity index (χ0) is 15.9. The summed E-state index contributed by atoms with van der Waals surface area (Å²) in [6.07, 6.45) is 4.32. The summed E-state index contributed by atoms with van der Waals surface area (Å²) in [5, 5.41) is 9.96. The molecule has 5 heteroatoms. The molecule has 1 saturated heterocycles. The molecule has 0 bridgehead atoms. The Morgan fingerprint density at radius 2 is 2.14 bits per heavy atom. The van der Waals surface area contributed by atoms with Crippen LogP contribution in [0.4, 0.5) is 0 Å². The van der Waals surface area contributed by atoms with E-state index >= 15 is 0 Å². The summed E-state index contributed by atoms with van der Waals surface area (Å²) in [4.78, 5) is 14.5. The Morgan fingerprint density at radius 3 is 2.82 bits per heavy atom. The first-order chi connectivity index (χ1) is 10.6. The van der Waals surface area contributed by atoms with Crippen molar-refractivity contribution >= 4 is 5.91 Å². The minimum atomic E-state index is -0.0704. The molecule has 0 spiro atoms. The molecule has 1 aliphatic rings. The van der Waals surface area contributed by atoms with Gasteiger partial charge in [0.1, 0.15) is 5.69 Å². The van der Waals surface area contributed by atoms with E-state index in [4.69, 9.17) is 0 Å². The number of aromatic nitrogens is 2. The van der Waals surface area contributed by atoms with Gasteiger partial charge in [0, 0.05) is 25.3 Å². The third-order valence-corrected chi connectivity index (χ3v) is 4.26. The third-order valence-electron chi connectivity index (χ3n) is 4.26. The molecule has 1 fully saturated rings. The molecule has 22 heavy (non-hydrogen) atoms. The van der Waals surface area contributed by atoms with Crippen molar-refractivity contribution in [3.05, 3.63) is 17.5 Å². The van der Waals surface area contributed by atoms with Gasteiger partial charge < -0.3 is 10.2 Å². The average molecular weight is 306 g/mol. The van der Waals surface area contributed by atoms with Crippen molar-refractivity contribution in [3.8, 4) is 0 Å². The van der Waals surface area contributed by atoms with Crippen LogP contribution in [-0.4, -0.2) is 47.2 Å². The summed E-state index contributed by atoms with van der Waals surface area (Å²) in [5.41, 5.74) is 1.53. The molecule has 1 aliphatic heterocycles. The molecule has 1 amide bonds. The molecular formula is C17H30N4O. The number of nitrogens with zero attached hydrogens (tertiary/aromatic N) is 2. The number of hydrogen-bond donors (Lipinski definition) is 2. The van der Waals surface area contributed by atoms with Crippen LogP contribution in [0.15, 0.2) is 6.07 Å². The van der Waals surface area contributed by atoms with E-state index in [0.29, 0.717) is 12.2 Å². The van der Waals surface area contributed by atoms with E-state index in [-0.39, 0.29) is 5.91 Å². The minimum absolute atomic E-state index is 0.0704. The van der Waals surface area contributed by atoms with Gasteiger partial charge in [-0.2, -0.15) is 5.10 Å². The maximum Gasteiger partial charge on any atom is 0.271 e. The SMILES string of the molecule is CCCc1cc(C(=O)NCCCN2CC(C)CC(C)C2)n[nH]1. The predicted molar refractivity (Wildman–Crippen MR) is 88.9 cm³/mol. The number of amides is 1. The second kappa shape index (κ2) is 8.32. The van der Waals surface area contributed by atoms with Crippen molar-refractivity contribution < 1.29 is 4.79 Å². The topological polar surface area (TPSA) is 61.0 Å². The summed E-state index contributed by atoms with van der Waals surface area (Å²) in [6.45, 7) is 10.9. The molecule has 0 aromatic carbocycles. The Hall–Kier alpha value is -1.36. The molecule has 2 heterocycles. The van der Waals surface area contributed by atoms with Crippen LogP contribution in [0, 0.1) is 11.8 Å². The molecule has 2 atom stereocenters. The summed E-state index contributed by atoms with van der Waals surface area (Å²) < 4.78 is 0. The quantitative estimate of drug-likeness (QED) is 0.761. The lowest BCUT2D eigenvalue weighted by molar-refractivity contribution is 0.0942. The van der Waals surface area contributed by atoms with Crippen LogP contribution < -0.4 is 5.32 Å². The Labute approximate surface area is 133 Å². The van der Waals surface area contributed by atoms with Crippen molar-refractivity contribution in [3.63, 3.8) is 0 Å². The number of carbonyl (C=O) groups excluding carboxylic acids is 1. The number of hydrogen-bond acceptors (Lipinski definition) is 3. The fraction of sp³-hybridized carbons (Fsp3) is 0.765. The number of likely N-dealkylation sites (tertiary alicyclic amines) is 1. The van der Waals surface area contributed by atoms with Gasteiger partial charge in [-0.25, -0.2) is 0 Å². The van der Waals surface area contributed by atoms with E-state index in [0.717, 1.165) is 43.3 Å². The van der Waals surface area contributed by atoms with E-state index in [1.165, 1.54) is 19.5 Å². The van der Waals surface area contributed by atoms with E-state index in [2.05, 4.69) is 41.2 Å². The normalized spacial score (nSPS) is 22.7. The second-order valence-electron chi connectivity index (χ2n) is 6.84. The highest BCUT2D eigenvalue weighted by atomic mass is 16.1. The number of aryl methyl sites for hydroxylation is 1. The van der Waals surface area contributed by atoms with Crippen LogP contribution in [0.3, 0.4) is 0 Å². The molecule has 124 valence electrons. The molecule has 2 N–H and O–H groups in total. The fourth-order valence-electron chi connectivity index (χ4n) is 3.45. The van der Waals surface area contributed by atoms with Crippen LogP contribution in [-0.2, 0) is 6.42 Å². The highest BCUT2D eigenvalue weighted by Crippen LogP contribution is 2.20. The van der Waals surface area contributed by atoms with Crippen molar-refractivity contribution in [1.82, 2.24) is 20.4 Å². The number of aromatic amines is 1. The number of nitrogens with one attached hydrogen (secondary N) is 2. The summed E-state index contributed by atoms with van der Waals surface area (Å²) in [5.74, 6) is 1.51. The van der Waals surface area contributed by atoms with Crippen LogP contribution in [0.1, 0.15) is 56.2 Å². The molecular weight excluding hydrogens is 276 g/mol. The maximum absolute atomic E-state index is 12.0. The van der Waals surface area contributed by atoms with Gasteiger partial charge in [-0.1, -0.05) is 27.2 Å². The molecule has 0 radical (unpaired) electrons. The monoisotopic (exact) mass is 306 g/mol. The van der Waals surface area contributed by atoms with Crippen molar-refractivity contribution in [2.24, 2.45) is 11.8 Å². The zero-order valence-corrected chi connectivity index (χ0v) is 14.2. The van der Waals surface area contributed by atoms with Gasteiger partial charge in [0.05, 0.1) is 0 Å². The lowest BCUT2D eigenvalue weighted by atomic mass is 9.92. The fourth-order valence-corrected chi connectivity index (χ4v) is 3.45. The molecule has 0 aliphatic carbocycles. The highest BCUT2D eigenvalue weighted by molar-refractivity contribution is 5.92.